The minimum Gasteiger partial charge on any atom is -0.396 e. The monoisotopic (exact) mass is 298 g/mol. The Labute approximate surface area is 120 Å². The number of hydrogen-bond acceptors (Lipinski definition) is 3. The van der Waals surface area contributed by atoms with Crippen molar-refractivity contribution in [1.29, 1.82) is 0 Å². The van der Waals surface area contributed by atoms with Gasteiger partial charge in [-0.3, -0.25) is 9.00 Å². The lowest BCUT2D eigenvalue weighted by Crippen LogP contribution is -2.35. The zero-order valence-corrected chi connectivity index (χ0v) is 12.1. The highest BCUT2D eigenvalue weighted by molar-refractivity contribution is 7.85. The highest BCUT2D eigenvalue weighted by Crippen LogP contribution is 2.16. The average molecular weight is 298 g/mol. The van der Waals surface area contributed by atoms with Crippen LogP contribution in [0.1, 0.15) is 25.7 Å². The molecular weight excluding hydrogens is 279 g/mol. The first-order valence-electron chi connectivity index (χ1n) is 6.79. The summed E-state index contributed by atoms with van der Waals surface area (Å²) in [6.07, 6.45) is 4.26. The molecule has 4 nitrogen and oxygen atoms in total. The lowest BCUT2D eigenvalue weighted by atomic mass is 10.2. The van der Waals surface area contributed by atoms with Crippen molar-refractivity contribution in [3.05, 3.63) is 24.0 Å². The van der Waals surface area contributed by atoms with Gasteiger partial charge in [-0.25, -0.2) is 4.39 Å². The van der Waals surface area contributed by atoms with Gasteiger partial charge in [0.1, 0.15) is 11.6 Å². The standard InChI is InChI=1S/C14H19FN2O2S/c15-12-9-11(5-6-13(12)16)20(19)10-14(18)17-7-3-1-2-4-8-17/h5-6,9H,1-4,7-8,10,16H2. The molecule has 1 aromatic rings. The normalized spacial score (nSPS) is 17.6. The molecule has 2 rings (SSSR count). The number of anilines is 1. The largest absolute Gasteiger partial charge is 0.396 e. The molecule has 0 aromatic heterocycles. The molecule has 1 aromatic carbocycles. The number of halogens is 1. The lowest BCUT2D eigenvalue weighted by Gasteiger charge is -2.19. The summed E-state index contributed by atoms with van der Waals surface area (Å²) in [5.41, 5.74) is 5.39. The SMILES string of the molecule is Nc1ccc(S(=O)CC(=O)N2CCCCCC2)cc1F. The molecule has 1 aliphatic rings. The van der Waals surface area contributed by atoms with Crippen LogP contribution in [0.5, 0.6) is 0 Å². The number of amides is 1. The molecule has 1 atom stereocenters. The van der Waals surface area contributed by atoms with E-state index in [0.717, 1.165) is 44.8 Å². The first-order valence-corrected chi connectivity index (χ1v) is 8.11. The van der Waals surface area contributed by atoms with Crippen molar-refractivity contribution in [3.8, 4) is 0 Å². The van der Waals surface area contributed by atoms with Gasteiger partial charge < -0.3 is 10.6 Å². The molecular formula is C14H19FN2O2S. The second-order valence-electron chi connectivity index (χ2n) is 4.97. The highest BCUT2D eigenvalue weighted by atomic mass is 32.2. The third kappa shape index (κ3) is 3.79. The van der Waals surface area contributed by atoms with E-state index < -0.39 is 16.6 Å². The van der Waals surface area contributed by atoms with Gasteiger partial charge in [0, 0.05) is 18.0 Å². The van der Waals surface area contributed by atoms with E-state index in [2.05, 4.69) is 0 Å². The van der Waals surface area contributed by atoms with Gasteiger partial charge in [0.15, 0.2) is 0 Å². The van der Waals surface area contributed by atoms with Gasteiger partial charge >= 0.3 is 0 Å². The van der Waals surface area contributed by atoms with Gasteiger partial charge in [0.05, 0.1) is 16.5 Å². The van der Waals surface area contributed by atoms with Crippen LogP contribution in [0, 0.1) is 5.82 Å². The van der Waals surface area contributed by atoms with Crippen LogP contribution in [0.4, 0.5) is 10.1 Å². The first-order chi connectivity index (χ1) is 9.58. The summed E-state index contributed by atoms with van der Waals surface area (Å²) in [6, 6.07) is 4.02. The highest BCUT2D eigenvalue weighted by Gasteiger charge is 2.19. The van der Waals surface area contributed by atoms with Crippen LogP contribution < -0.4 is 5.73 Å². The van der Waals surface area contributed by atoms with Crippen LogP contribution in [-0.2, 0) is 15.6 Å². The Morgan fingerprint density at radius 2 is 1.90 bits per heavy atom. The molecule has 1 unspecified atom stereocenters. The number of nitrogen functional groups attached to an aromatic ring is 1. The van der Waals surface area contributed by atoms with Crippen molar-refractivity contribution in [2.75, 3.05) is 24.6 Å². The predicted molar refractivity (Wildman–Crippen MR) is 77.1 cm³/mol. The number of hydrogen-bond donors (Lipinski definition) is 1. The lowest BCUT2D eigenvalue weighted by molar-refractivity contribution is -0.128. The number of nitrogens with two attached hydrogens (primary N) is 1. The maximum atomic E-state index is 13.3. The van der Waals surface area contributed by atoms with E-state index in [0.29, 0.717) is 4.90 Å². The van der Waals surface area contributed by atoms with Crippen LogP contribution in [0.3, 0.4) is 0 Å². The molecule has 0 aliphatic carbocycles. The van der Waals surface area contributed by atoms with Gasteiger partial charge in [0.25, 0.3) is 0 Å². The van der Waals surface area contributed by atoms with Crippen molar-refractivity contribution in [2.45, 2.75) is 30.6 Å². The van der Waals surface area contributed by atoms with Crippen molar-refractivity contribution in [3.63, 3.8) is 0 Å². The maximum absolute atomic E-state index is 13.3. The van der Waals surface area contributed by atoms with Gasteiger partial charge in [-0.2, -0.15) is 0 Å². The summed E-state index contributed by atoms with van der Waals surface area (Å²) in [5, 5.41) is 0. The third-order valence-corrected chi connectivity index (χ3v) is 4.74. The molecule has 0 bridgehead atoms. The molecule has 0 spiro atoms. The minimum atomic E-state index is -1.53. The molecule has 1 aliphatic heterocycles. The summed E-state index contributed by atoms with van der Waals surface area (Å²) >= 11 is 0. The molecule has 110 valence electrons. The second kappa shape index (κ2) is 6.83. The second-order valence-corrected chi connectivity index (χ2v) is 6.42. The molecule has 2 N–H and O–H groups in total. The molecule has 0 saturated carbocycles. The summed E-state index contributed by atoms with van der Waals surface area (Å²) in [7, 11) is -1.53. The maximum Gasteiger partial charge on any atom is 0.235 e. The fraction of sp³-hybridized carbons (Fsp3) is 0.500. The first kappa shape index (κ1) is 15.0. The van der Waals surface area contributed by atoms with Crippen LogP contribution >= 0.6 is 0 Å². The molecule has 6 heteroatoms. The predicted octanol–water partition coefficient (Wildman–Crippen LogP) is 1.92. The molecule has 1 amide bonds. The van der Waals surface area contributed by atoms with Crippen LogP contribution in [0.2, 0.25) is 0 Å². The average Bonchev–Trinajstić information content (AvgIpc) is 2.70. The topological polar surface area (TPSA) is 63.4 Å². The Morgan fingerprint density at radius 3 is 2.50 bits per heavy atom. The number of rotatable bonds is 3. The Balaban J connectivity index is 1.99. The van der Waals surface area contributed by atoms with E-state index in [1.807, 2.05) is 0 Å². The van der Waals surface area contributed by atoms with E-state index in [9.17, 15) is 13.4 Å². The number of benzene rings is 1. The Kier molecular flexibility index (Phi) is 5.11. The summed E-state index contributed by atoms with van der Waals surface area (Å²) < 4.78 is 25.4. The zero-order valence-electron chi connectivity index (χ0n) is 11.3. The van der Waals surface area contributed by atoms with E-state index in [1.54, 1.807) is 4.90 Å². The van der Waals surface area contributed by atoms with Crippen molar-refractivity contribution < 1.29 is 13.4 Å². The van der Waals surface area contributed by atoms with E-state index in [1.165, 1.54) is 12.1 Å². The quantitative estimate of drug-likeness (QED) is 0.867. The fourth-order valence-electron chi connectivity index (χ4n) is 2.26. The molecule has 1 fully saturated rings. The van der Waals surface area contributed by atoms with E-state index >= 15 is 0 Å². The Morgan fingerprint density at radius 1 is 1.25 bits per heavy atom. The van der Waals surface area contributed by atoms with E-state index in [-0.39, 0.29) is 17.3 Å². The number of carbonyl (C=O) groups excluding carboxylic acids is 1. The Hall–Kier alpha value is -1.43. The van der Waals surface area contributed by atoms with Crippen LogP contribution in [0.25, 0.3) is 0 Å². The van der Waals surface area contributed by atoms with Gasteiger partial charge in [0.2, 0.25) is 5.91 Å². The summed E-state index contributed by atoms with van der Waals surface area (Å²) in [6.45, 7) is 1.46. The van der Waals surface area contributed by atoms with Crippen LogP contribution in [0.15, 0.2) is 23.1 Å². The smallest absolute Gasteiger partial charge is 0.235 e. The number of nitrogens with zero attached hydrogens (tertiary/aromatic N) is 1. The number of likely N-dealkylation sites (tertiary alicyclic amines) is 1. The van der Waals surface area contributed by atoms with Crippen LogP contribution in [-0.4, -0.2) is 33.9 Å². The number of carbonyl (C=O) groups is 1. The molecule has 1 heterocycles. The van der Waals surface area contributed by atoms with Crippen molar-refractivity contribution in [2.24, 2.45) is 0 Å². The van der Waals surface area contributed by atoms with E-state index in [4.69, 9.17) is 5.73 Å². The molecule has 20 heavy (non-hydrogen) atoms. The van der Waals surface area contributed by atoms with Gasteiger partial charge in [-0.05, 0) is 31.0 Å². The zero-order chi connectivity index (χ0) is 14.5. The fourth-order valence-corrected chi connectivity index (χ4v) is 3.28. The summed E-state index contributed by atoms with van der Waals surface area (Å²) in [5.74, 6) is -0.816. The minimum absolute atomic E-state index is 0.0181. The Bertz CT molecular complexity index is 514. The third-order valence-electron chi connectivity index (χ3n) is 3.45. The molecule has 1 saturated heterocycles. The summed E-state index contributed by atoms with van der Waals surface area (Å²) in [4.78, 5) is 14.2. The van der Waals surface area contributed by atoms with Crippen molar-refractivity contribution in [1.82, 2.24) is 4.90 Å². The molecule has 0 radical (unpaired) electrons. The van der Waals surface area contributed by atoms with Gasteiger partial charge in [-0.1, -0.05) is 12.8 Å². The van der Waals surface area contributed by atoms with Gasteiger partial charge in [-0.15, -0.1) is 0 Å². The van der Waals surface area contributed by atoms with Crippen molar-refractivity contribution >= 4 is 22.4 Å².